The molecule has 0 saturated carbocycles. The van der Waals surface area contributed by atoms with Crippen molar-refractivity contribution in [1.82, 2.24) is 24.2 Å². The molecule has 130 valence electrons. The third kappa shape index (κ3) is 2.54. The third-order valence-corrected chi connectivity index (χ3v) is 4.61. The Hall–Kier alpha value is -2.90. The summed E-state index contributed by atoms with van der Waals surface area (Å²) in [6.07, 6.45) is 2.54. The van der Waals surface area contributed by atoms with Crippen LogP contribution >= 0.6 is 0 Å². The molecule has 1 aliphatic rings. The van der Waals surface area contributed by atoms with E-state index in [1.807, 2.05) is 30.8 Å². The van der Waals surface area contributed by atoms with Crippen molar-refractivity contribution >= 4 is 28.6 Å². The van der Waals surface area contributed by atoms with Gasteiger partial charge in [0.05, 0.1) is 12.1 Å². The summed E-state index contributed by atoms with van der Waals surface area (Å²) in [6.45, 7) is 0.490. The van der Waals surface area contributed by atoms with Crippen molar-refractivity contribution in [2.24, 2.45) is 7.05 Å². The van der Waals surface area contributed by atoms with Gasteiger partial charge in [0.25, 0.3) is 5.91 Å². The third-order valence-electron chi connectivity index (χ3n) is 4.61. The second-order valence-corrected chi connectivity index (χ2v) is 6.20. The van der Waals surface area contributed by atoms with Gasteiger partial charge in [-0.25, -0.2) is 9.37 Å². The molecule has 0 fully saturated rings. The molecule has 0 bridgehead atoms. The van der Waals surface area contributed by atoms with Gasteiger partial charge in [0.1, 0.15) is 18.1 Å². The molecule has 0 atom stereocenters. The molecule has 1 aliphatic heterocycles. The van der Waals surface area contributed by atoms with Crippen LogP contribution < -0.4 is 5.32 Å². The lowest BCUT2D eigenvalue weighted by atomic mass is 10.1. The second kappa shape index (κ2) is 5.87. The Morgan fingerprint density at radius 1 is 1.24 bits per heavy atom. The van der Waals surface area contributed by atoms with E-state index in [0.29, 0.717) is 18.2 Å². The van der Waals surface area contributed by atoms with Crippen molar-refractivity contribution in [2.45, 2.75) is 13.0 Å². The Labute approximate surface area is 144 Å². The van der Waals surface area contributed by atoms with E-state index in [4.69, 9.17) is 0 Å². The number of pyridine rings is 1. The molecule has 3 aromatic rings. The van der Waals surface area contributed by atoms with Crippen LogP contribution in [-0.4, -0.2) is 50.4 Å². The first-order valence-electron chi connectivity index (χ1n) is 8.18. The van der Waals surface area contributed by atoms with E-state index in [9.17, 15) is 9.18 Å². The SMILES string of the molecule is CN1CCc2c(c3ccc(Nc4ccn(CCF)n4)nc3n2C)C1=O. The zero-order valence-electron chi connectivity index (χ0n) is 14.2. The molecule has 3 aromatic heterocycles. The van der Waals surface area contributed by atoms with Crippen LogP contribution in [0.25, 0.3) is 11.0 Å². The Morgan fingerprint density at radius 2 is 2.08 bits per heavy atom. The van der Waals surface area contributed by atoms with Crippen LogP contribution in [0.3, 0.4) is 0 Å². The molecule has 1 N–H and O–H groups in total. The van der Waals surface area contributed by atoms with E-state index in [1.165, 1.54) is 4.68 Å². The van der Waals surface area contributed by atoms with Crippen LogP contribution in [0.4, 0.5) is 16.0 Å². The first-order valence-corrected chi connectivity index (χ1v) is 8.18. The van der Waals surface area contributed by atoms with Crippen molar-refractivity contribution in [1.29, 1.82) is 0 Å². The summed E-state index contributed by atoms with van der Waals surface area (Å²) in [5.41, 5.74) is 2.54. The van der Waals surface area contributed by atoms with Gasteiger partial charge >= 0.3 is 0 Å². The lowest BCUT2D eigenvalue weighted by molar-refractivity contribution is 0.0781. The van der Waals surface area contributed by atoms with E-state index in [0.717, 1.165) is 28.7 Å². The van der Waals surface area contributed by atoms with Crippen LogP contribution in [0.2, 0.25) is 0 Å². The van der Waals surface area contributed by atoms with Gasteiger partial charge in [0.2, 0.25) is 0 Å². The predicted molar refractivity (Wildman–Crippen MR) is 92.9 cm³/mol. The number of amides is 1. The topological polar surface area (TPSA) is 68.0 Å². The number of nitrogens with one attached hydrogen (secondary N) is 1. The Balaban J connectivity index is 1.71. The number of halogens is 1. The zero-order chi connectivity index (χ0) is 17.6. The van der Waals surface area contributed by atoms with Crippen LogP contribution in [-0.2, 0) is 20.0 Å². The van der Waals surface area contributed by atoms with Gasteiger partial charge in [-0.2, -0.15) is 5.10 Å². The van der Waals surface area contributed by atoms with E-state index >= 15 is 0 Å². The van der Waals surface area contributed by atoms with Crippen molar-refractivity contribution in [3.63, 3.8) is 0 Å². The minimum Gasteiger partial charge on any atom is -0.341 e. The Bertz CT molecular complexity index is 960. The van der Waals surface area contributed by atoms with Crippen LogP contribution in [0.5, 0.6) is 0 Å². The van der Waals surface area contributed by atoms with Crippen LogP contribution in [0.15, 0.2) is 24.4 Å². The van der Waals surface area contributed by atoms with Gasteiger partial charge in [-0.3, -0.25) is 9.48 Å². The normalized spacial score (nSPS) is 14.2. The molecule has 1 amide bonds. The van der Waals surface area contributed by atoms with Gasteiger partial charge in [0.15, 0.2) is 5.82 Å². The highest BCUT2D eigenvalue weighted by Gasteiger charge is 2.28. The summed E-state index contributed by atoms with van der Waals surface area (Å²) >= 11 is 0. The van der Waals surface area contributed by atoms with E-state index in [1.54, 1.807) is 17.2 Å². The maximum absolute atomic E-state index is 12.5. The number of carbonyl (C=O) groups excluding carboxylic acids is 1. The summed E-state index contributed by atoms with van der Waals surface area (Å²) in [4.78, 5) is 18.9. The maximum atomic E-state index is 12.5. The molecule has 4 rings (SSSR count). The first-order chi connectivity index (χ1) is 12.1. The molecule has 0 aliphatic carbocycles. The molecule has 0 saturated heterocycles. The molecule has 7 nitrogen and oxygen atoms in total. The second-order valence-electron chi connectivity index (χ2n) is 6.20. The maximum Gasteiger partial charge on any atom is 0.256 e. The van der Waals surface area contributed by atoms with Gasteiger partial charge in [-0.1, -0.05) is 0 Å². The fraction of sp³-hybridized carbons (Fsp3) is 0.353. The summed E-state index contributed by atoms with van der Waals surface area (Å²) < 4.78 is 15.9. The number of hydrogen-bond donors (Lipinski definition) is 1. The van der Waals surface area contributed by atoms with Crippen molar-refractivity contribution < 1.29 is 9.18 Å². The molecule has 0 aromatic carbocycles. The largest absolute Gasteiger partial charge is 0.341 e. The summed E-state index contributed by atoms with van der Waals surface area (Å²) in [5.74, 6) is 1.28. The van der Waals surface area contributed by atoms with Crippen LogP contribution in [0.1, 0.15) is 16.1 Å². The zero-order valence-corrected chi connectivity index (χ0v) is 14.2. The molecule has 0 radical (unpaired) electrons. The van der Waals surface area contributed by atoms with Crippen molar-refractivity contribution in [2.75, 3.05) is 25.6 Å². The number of fused-ring (bicyclic) bond motifs is 3. The standard InChI is InChI=1S/C17H19FN6O/c1-22-8-5-12-15(17(22)25)11-3-4-13(20-16(11)23(12)2)19-14-6-9-24(21-14)10-7-18/h3-4,6,9H,5,7-8,10H2,1-2H3,(H,19,20,21). The number of nitrogens with zero attached hydrogens (tertiary/aromatic N) is 5. The highest BCUT2D eigenvalue weighted by molar-refractivity contribution is 6.08. The number of anilines is 2. The first kappa shape index (κ1) is 15.6. The average Bonchev–Trinajstić information content (AvgIpc) is 3.15. The van der Waals surface area contributed by atoms with Crippen LogP contribution in [0, 0.1) is 0 Å². The Kier molecular flexibility index (Phi) is 3.67. The fourth-order valence-corrected chi connectivity index (χ4v) is 3.29. The number of hydrogen-bond acceptors (Lipinski definition) is 4. The highest BCUT2D eigenvalue weighted by atomic mass is 19.1. The number of aryl methyl sites for hydroxylation is 2. The predicted octanol–water partition coefficient (Wildman–Crippen LogP) is 2.11. The molecular formula is C17H19FN6O. The van der Waals surface area contributed by atoms with E-state index < -0.39 is 6.67 Å². The summed E-state index contributed by atoms with van der Waals surface area (Å²) in [6, 6.07) is 5.52. The van der Waals surface area contributed by atoms with Gasteiger partial charge in [-0.15, -0.1) is 0 Å². The monoisotopic (exact) mass is 342 g/mol. The summed E-state index contributed by atoms with van der Waals surface area (Å²) in [7, 11) is 3.76. The average molecular weight is 342 g/mol. The minimum absolute atomic E-state index is 0.0410. The lowest BCUT2D eigenvalue weighted by Crippen LogP contribution is -2.34. The molecule has 0 spiro atoms. The number of likely N-dealkylation sites (N-methyl/N-ethyl adjacent to an activating group) is 1. The Morgan fingerprint density at radius 3 is 2.88 bits per heavy atom. The van der Waals surface area contributed by atoms with E-state index in [2.05, 4.69) is 15.4 Å². The molecule has 8 heteroatoms. The number of aromatic nitrogens is 4. The van der Waals surface area contributed by atoms with Crippen molar-refractivity contribution in [3.8, 4) is 0 Å². The number of carbonyl (C=O) groups is 1. The van der Waals surface area contributed by atoms with Crippen molar-refractivity contribution in [3.05, 3.63) is 35.7 Å². The highest BCUT2D eigenvalue weighted by Crippen LogP contribution is 2.30. The fourth-order valence-electron chi connectivity index (χ4n) is 3.29. The molecule has 4 heterocycles. The molecular weight excluding hydrogens is 323 g/mol. The molecule has 0 unspecified atom stereocenters. The van der Waals surface area contributed by atoms with Gasteiger partial charge < -0.3 is 14.8 Å². The molecule has 25 heavy (non-hydrogen) atoms. The quantitative estimate of drug-likeness (QED) is 0.788. The lowest BCUT2D eigenvalue weighted by Gasteiger charge is -2.23. The minimum atomic E-state index is -0.456. The number of rotatable bonds is 4. The van der Waals surface area contributed by atoms with E-state index in [-0.39, 0.29) is 12.5 Å². The smallest absolute Gasteiger partial charge is 0.256 e. The van der Waals surface area contributed by atoms with Gasteiger partial charge in [-0.05, 0) is 12.1 Å². The number of alkyl halides is 1. The summed E-state index contributed by atoms with van der Waals surface area (Å²) in [5, 5.41) is 8.23. The van der Waals surface area contributed by atoms with Gasteiger partial charge in [0, 0.05) is 50.4 Å².